The summed E-state index contributed by atoms with van der Waals surface area (Å²) in [5.74, 6) is 0. The van der Waals surface area contributed by atoms with Gasteiger partial charge < -0.3 is 4.55 Å². The normalized spacial score (nSPS) is 14.1. The first-order chi connectivity index (χ1) is 6.32. The third-order valence-corrected chi connectivity index (χ3v) is 3.48. The Morgan fingerprint density at radius 3 is 2.36 bits per heavy atom. The molecule has 0 heterocycles. The maximum absolute atomic E-state index is 12.2. The van der Waals surface area contributed by atoms with E-state index in [1.54, 1.807) is 0 Å². The van der Waals surface area contributed by atoms with Crippen LogP contribution in [0.5, 0.6) is 0 Å². The lowest BCUT2D eigenvalue weighted by Crippen LogP contribution is -2.07. The zero-order valence-corrected chi connectivity index (χ0v) is 9.46. The van der Waals surface area contributed by atoms with E-state index < -0.39 is 22.9 Å². The van der Waals surface area contributed by atoms with Gasteiger partial charge in [0.05, 0.1) is 10.0 Å². The largest absolute Gasteiger partial charge is 0.612 e. The molecule has 1 nitrogen and oxygen atoms in total. The van der Waals surface area contributed by atoms with E-state index in [0.29, 0.717) is 4.47 Å². The highest BCUT2D eigenvalue weighted by Crippen LogP contribution is 2.33. The second-order valence-electron chi connectivity index (χ2n) is 2.60. The van der Waals surface area contributed by atoms with Crippen LogP contribution in [-0.2, 0) is 17.4 Å². The average molecular weight is 287 g/mol. The summed E-state index contributed by atoms with van der Waals surface area (Å²) in [5.41, 5.74) is -0.786. The molecular weight excluding hydrogens is 281 g/mol. The molecule has 14 heavy (non-hydrogen) atoms. The molecule has 1 atom stereocenters. The van der Waals surface area contributed by atoms with Gasteiger partial charge in [-0.3, -0.25) is 0 Å². The van der Waals surface area contributed by atoms with Gasteiger partial charge >= 0.3 is 6.18 Å². The zero-order chi connectivity index (χ0) is 10.9. The summed E-state index contributed by atoms with van der Waals surface area (Å²) in [6.07, 6.45) is -3.06. The molecule has 0 N–H and O–H groups in total. The molecule has 78 valence electrons. The summed E-state index contributed by atoms with van der Waals surface area (Å²) in [4.78, 5) is 0.153. The fraction of sp³-hybridized carbons (Fsp3) is 0.250. The summed E-state index contributed by atoms with van der Waals surface area (Å²) in [6, 6.07) is 3.08. The van der Waals surface area contributed by atoms with E-state index in [9.17, 15) is 17.7 Å². The van der Waals surface area contributed by atoms with Crippen molar-refractivity contribution in [3.8, 4) is 0 Å². The van der Waals surface area contributed by atoms with Crippen LogP contribution in [0.1, 0.15) is 5.56 Å². The predicted molar refractivity (Wildman–Crippen MR) is 51.5 cm³/mol. The van der Waals surface area contributed by atoms with E-state index in [4.69, 9.17) is 0 Å². The predicted octanol–water partition coefficient (Wildman–Crippen LogP) is 3.21. The molecule has 0 bridgehead atoms. The van der Waals surface area contributed by atoms with Gasteiger partial charge in [-0.1, -0.05) is 0 Å². The van der Waals surface area contributed by atoms with E-state index in [0.717, 1.165) is 12.1 Å². The molecule has 0 saturated heterocycles. The molecular formula is C8H6BrF3OS. The van der Waals surface area contributed by atoms with Gasteiger partial charge in [0.15, 0.2) is 4.90 Å². The van der Waals surface area contributed by atoms with Crippen molar-refractivity contribution in [2.24, 2.45) is 0 Å². The van der Waals surface area contributed by atoms with Crippen LogP contribution in [0.2, 0.25) is 0 Å². The fourth-order valence-corrected chi connectivity index (χ4v) is 2.47. The van der Waals surface area contributed by atoms with Gasteiger partial charge in [0.2, 0.25) is 0 Å². The Morgan fingerprint density at radius 2 is 1.93 bits per heavy atom. The molecule has 1 aromatic rings. The van der Waals surface area contributed by atoms with Crippen molar-refractivity contribution in [3.63, 3.8) is 0 Å². The van der Waals surface area contributed by atoms with Gasteiger partial charge in [0.25, 0.3) is 0 Å². The molecule has 0 fully saturated rings. The van der Waals surface area contributed by atoms with Crippen LogP contribution >= 0.6 is 15.9 Å². The SMILES string of the molecule is C[S+]([O-])c1cc(C(F)(F)F)ccc1Br. The first-order valence-electron chi connectivity index (χ1n) is 3.52. The van der Waals surface area contributed by atoms with E-state index in [-0.39, 0.29) is 4.90 Å². The summed E-state index contributed by atoms with van der Waals surface area (Å²) >= 11 is 1.60. The van der Waals surface area contributed by atoms with Crippen molar-refractivity contribution >= 4 is 27.1 Å². The number of rotatable bonds is 1. The summed E-state index contributed by atoms with van der Waals surface area (Å²) in [7, 11) is 0. The van der Waals surface area contributed by atoms with Crippen molar-refractivity contribution < 1.29 is 17.7 Å². The van der Waals surface area contributed by atoms with E-state index in [2.05, 4.69) is 15.9 Å². The molecule has 0 amide bonds. The van der Waals surface area contributed by atoms with Gasteiger partial charge in [-0.25, -0.2) is 0 Å². The van der Waals surface area contributed by atoms with Crippen LogP contribution in [0, 0.1) is 0 Å². The Hall–Kier alpha value is -0.200. The van der Waals surface area contributed by atoms with Gasteiger partial charge in [0, 0.05) is 6.07 Å². The van der Waals surface area contributed by atoms with Crippen LogP contribution in [0.3, 0.4) is 0 Å². The second kappa shape index (κ2) is 4.12. The van der Waals surface area contributed by atoms with Crippen LogP contribution in [0.4, 0.5) is 13.2 Å². The Morgan fingerprint density at radius 1 is 1.36 bits per heavy atom. The van der Waals surface area contributed by atoms with Crippen molar-refractivity contribution in [2.75, 3.05) is 6.26 Å². The molecule has 6 heteroatoms. The molecule has 0 spiro atoms. The first kappa shape index (κ1) is 11.9. The van der Waals surface area contributed by atoms with Crippen LogP contribution in [-0.4, -0.2) is 10.8 Å². The van der Waals surface area contributed by atoms with Crippen molar-refractivity contribution in [1.29, 1.82) is 0 Å². The number of halogens is 4. The number of benzene rings is 1. The zero-order valence-electron chi connectivity index (χ0n) is 7.06. The lowest BCUT2D eigenvalue weighted by Gasteiger charge is -2.10. The molecule has 0 saturated carbocycles. The molecule has 0 aliphatic rings. The maximum atomic E-state index is 12.2. The van der Waals surface area contributed by atoms with Gasteiger partial charge in [-0.2, -0.15) is 13.2 Å². The Kier molecular flexibility index (Phi) is 3.49. The molecule has 0 aliphatic heterocycles. The summed E-state index contributed by atoms with van der Waals surface area (Å²) in [6.45, 7) is 0. The lowest BCUT2D eigenvalue weighted by molar-refractivity contribution is -0.137. The molecule has 1 unspecified atom stereocenters. The fourth-order valence-electron chi connectivity index (χ4n) is 0.900. The average Bonchev–Trinajstić information content (AvgIpc) is 2.02. The van der Waals surface area contributed by atoms with Gasteiger partial charge in [-0.05, 0) is 39.2 Å². The van der Waals surface area contributed by atoms with Crippen molar-refractivity contribution in [1.82, 2.24) is 0 Å². The minimum atomic E-state index is -4.39. The quantitative estimate of drug-likeness (QED) is 0.727. The number of hydrogen-bond donors (Lipinski definition) is 0. The highest BCUT2D eigenvalue weighted by molar-refractivity contribution is 9.10. The second-order valence-corrected chi connectivity index (χ2v) is 4.80. The molecule has 0 radical (unpaired) electrons. The third-order valence-electron chi connectivity index (χ3n) is 1.57. The molecule has 0 aliphatic carbocycles. The van der Waals surface area contributed by atoms with Crippen LogP contribution in [0.15, 0.2) is 27.6 Å². The molecule has 1 rings (SSSR count). The van der Waals surface area contributed by atoms with Crippen LogP contribution < -0.4 is 0 Å². The summed E-state index contributed by atoms with van der Waals surface area (Å²) < 4.78 is 48.2. The molecule has 1 aromatic carbocycles. The third kappa shape index (κ3) is 2.65. The minimum absolute atomic E-state index is 0.153. The number of alkyl halides is 3. The topological polar surface area (TPSA) is 23.1 Å². The van der Waals surface area contributed by atoms with Crippen molar-refractivity contribution in [3.05, 3.63) is 28.2 Å². The smallest absolute Gasteiger partial charge is 0.416 e. The van der Waals surface area contributed by atoms with E-state index in [1.165, 1.54) is 12.3 Å². The number of hydrogen-bond acceptors (Lipinski definition) is 1. The highest BCUT2D eigenvalue weighted by atomic mass is 79.9. The monoisotopic (exact) mass is 286 g/mol. The van der Waals surface area contributed by atoms with Crippen molar-refractivity contribution in [2.45, 2.75) is 11.1 Å². The van der Waals surface area contributed by atoms with Gasteiger partial charge in [0.1, 0.15) is 6.26 Å². The molecule has 0 aromatic heterocycles. The minimum Gasteiger partial charge on any atom is -0.612 e. The lowest BCUT2D eigenvalue weighted by atomic mass is 10.2. The van der Waals surface area contributed by atoms with Gasteiger partial charge in [-0.15, -0.1) is 0 Å². The standard InChI is InChI=1S/C8H6BrF3OS/c1-14(13)7-4-5(8(10,11)12)2-3-6(7)9/h2-4H,1H3. The Labute approximate surface area is 90.6 Å². The first-order valence-corrected chi connectivity index (χ1v) is 5.87. The highest BCUT2D eigenvalue weighted by Gasteiger charge is 2.32. The summed E-state index contributed by atoms with van der Waals surface area (Å²) in [5, 5.41) is 0. The van der Waals surface area contributed by atoms with E-state index in [1.807, 2.05) is 0 Å². The maximum Gasteiger partial charge on any atom is 0.416 e. The Bertz CT molecular complexity index is 338. The van der Waals surface area contributed by atoms with E-state index >= 15 is 0 Å². The Balaban J connectivity index is 3.20. The van der Waals surface area contributed by atoms with Crippen LogP contribution in [0.25, 0.3) is 0 Å².